The summed E-state index contributed by atoms with van der Waals surface area (Å²) in [6.07, 6.45) is 1.34. The van der Waals surface area contributed by atoms with Crippen LogP contribution in [0, 0.1) is 11.7 Å². The number of hydrogen-bond acceptors (Lipinski definition) is 4. The van der Waals surface area contributed by atoms with Crippen molar-refractivity contribution in [3.8, 4) is 5.75 Å². The summed E-state index contributed by atoms with van der Waals surface area (Å²) in [5, 5.41) is 11.0. The van der Waals surface area contributed by atoms with E-state index in [-0.39, 0.29) is 11.7 Å². The summed E-state index contributed by atoms with van der Waals surface area (Å²) in [7, 11) is 3.72. The van der Waals surface area contributed by atoms with E-state index < -0.39 is 6.10 Å². The molecule has 5 heteroatoms. The molecule has 2 aromatic carbocycles. The number of likely N-dealkylation sites (tertiary alicyclic amines) is 1. The summed E-state index contributed by atoms with van der Waals surface area (Å²) in [4.78, 5) is 3.71. The molecule has 2 aromatic rings. The third kappa shape index (κ3) is 4.35. The highest BCUT2D eigenvalue weighted by molar-refractivity contribution is 7.99. The number of methoxy groups -OCH3 is 1. The van der Waals surface area contributed by atoms with Crippen molar-refractivity contribution >= 4 is 11.8 Å². The topological polar surface area (TPSA) is 32.7 Å². The van der Waals surface area contributed by atoms with Crippen molar-refractivity contribution in [3.05, 3.63) is 53.8 Å². The maximum atomic E-state index is 14.0. The summed E-state index contributed by atoms with van der Waals surface area (Å²) < 4.78 is 19.4. The number of hydrogen-bond donors (Lipinski definition) is 1. The van der Waals surface area contributed by atoms with E-state index in [9.17, 15) is 9.50 Å². The first-order valence-corrected chi connectivity index (χ1v) is 9.37. The molecule has 1 aliphatic rings. The van der Waals surface area contributed by atoms with Crippen molar-refractivity contribution in [1.29, 1.82) is 0 Å². The van der Waals surface area contributed by atoms with Crippen LogP contribution >= 0.6 is 11.8 Å². The Kier molecular flexibility index (Phi) is 5.99. The van der Waals surface area contributed by atoms with E-state index in [1.54, 1.807) is 19.2 Å². The molecule has 0 amide bonds. The lowest BCUT2D eigenvalue weighted by molar-refractivity contribution is 0.0637. The molecule has 3 rings (SSSR count). The van der Waals surface area contributed by atoms with Crippen LogP contribution in [-0.2, 0) is 0 Å². The molecule has 0 spiro atoms. The van der Waals surface area contributed by atoms with Crippen molar-refractivity contribution in [2.24, 2.45) is 5.92 Å². The highest BCUT2D eigenvalue weighted by atomic mass is 32.2. The Morgan fingerprint density at radius 3 is 2.56 bits per heavy atom. The molecular weight excluding hydrogens is 337 g/mol. The molecule has 1 aliphatic heterocycles. The number of rotatable bonds is 5. The SMILES string of the molecule is COc1ccc(Sc2ccccc2F)c(C(O)C2CCN(C)CC2)c1. The van der Waals surface area contributed by atoms with Gasteiger partial charge in [-0.05, 0) is 74.8 Å². The molecule has 1 atom stereocenters. The molecule has 0 saturated carbocycles. The summed E-state index contributed by atoms with van der Waals surface area (Å²) >= 11 is 1.35. The fourth-order valence-electron chi connectivity index (χ4n) is 3.22. The Bertz CT molecular complexity index is 717. The molecule has 0 aliphatic carbocycles. The van der Waals surface area contributed by atoms with Gasteiger partial charge in [-0.3, -0.25) is 0 Å². The van der Waals surface area contributed by atoms with Crippen LogP contribution in [0.15, 0.2) is 52.3 Å². The number of benzene rings is 2. The van der Waals surface area contributed by atoms with E-state index in [1.807, 2.05) is 24.3 Å². The van der Waals surface area contributed by atoms with E-state index in [0.717, 1.165) is 36.4 Å². The van der Waals surface area contributed by atoms with Gasteiger partial charge >= 0.3 is 0 Å². The number of halogens is 1. The molecule has 1 heterocycles. The Hall–Kier alpha value is -1.56. The van der Waals surface area contributed by atoms with Crippen molar-refractivity contribution in [2.75, 3.05) is 27.2 Å². The molecule has 1 unspecified atom stereocenters. The van der Waals surface area contributed by atoms with Gasteiger partial charge in [0.2, 0.25) is 0 Å². The molecule has 25 heavy (non-hydrogen) atoms. The van der Waals surface area contributed by atoms with Crippen LogP contribution < -0.4 is 4.74 Å². The van der Waals surface area contributed by atoms with Gasteiger partial charge in [0, 0.05) is 9.79 Å². The van der Waals surface area contributed by atoms with Gasteiger partial charge < -0.3 is 14.7 Å². The highest BCUT2D eigenvalue weighted by Gasteiger charge is 2.27. The second-order valence-corrected chi connectivity index (χ2v) is 7.61. The van der Waals surface area contributed by atoms with Crippen LogP contribution in [0.4, 0.5) is 4.39 Å². The zero-order valence-electron chi connectivity index (χ0n) is 14.6. The van der Waals surface area contributed by atoms with E-state index in [4.69, 9.17) is 4.74 Å². The fourth-order valence-corrected chi connectivity index (χ4v) is 4.20. The number of aliphatic hydroxyl groups is 1. The van der Waals surface area contributed by atoms with Gasteiger partial charge in [0.25, 0.3) is 0 Å². The third-order valence-corrected chi connectivity index (χ3v) is 5.94. The van der Waals surface area contributed by atoms with Gasteiger partial charge in [0.15, 0.2) is 0 Å². The second-order valence-electron chi connectivity index (χ2n) is 6.52. The lowest BCUT2D eigenvalue weighted by atomic mass is 9.87. The third-order valence-electron chi connectivity index (χ3n) is 4.80. The maximum absolute atomic E-state index is 14.0. The number of piperidine rings is 1. The van der Waals surface area contributed by atoms with Gasteiger partial charge in [-0.2, -0.15) is 0 Å². The molecule has 0 bridgehead atoms. The Morgan fingerprint density at radius 1 is 1.16 bits per heavy atom. The first-order chi connectivity index (χ1) is 12.1. The fraction of sp³-hybridized carbons (Fsp3) is 0.400. The molecule has 1 saturated heterocycles. The molecule has 1 N–H and O–H groups in total. The van der Waals surface area contributed by atoms with Crippen molar-refractivity contribution in [1.82, 2.24) is 4.90 Å². The van der Waals surface area contributed by atoms with Crippen molar-refractivity contribution in [3.63, 3.8) is 0 Å². The lowest BCUT2D eigenvalue weighted by Gasteiger charge is -2.32. The molecule has 3 nitrogen and oxygen atoms in total. The number of aliphatic hydroxyl groups excluding tert-OH is 1. The molecule has 0 radical (unpaired) electrons. The smallest absolute Gasteiger partial charge is 0.137 e. The first kappa shape index (κ1) is 18.2. The van der Waals surface area contributed by atoms with Gasteiger partial charge in [-0.15, -0.1) is 0 Å². The summed E-state index contributed by atoms with van der Waals surface area (Å²) in [5.41, 5.74) is 0.821. The van der Waals surface area contributed by atoms with Gasteiger partial charge in [0.1, 0.15) is 11.6 Å². The van der Waals surface area contributed by atoms with Crippen molar-refractivity contribution < 1.29 is 14.2 Å². The number of nitrogens with zero attached hydrogens (tertiary/aromatic N) is 1. The Morgan fingerprint density at radius 2 is 1.88 bits per heavy atom. The van der Waals surface area contributed by atoms with Gasteiger partial charge in [-0.1, -0.05) is 23.9 Å². The summed E-state index contributed by atoms with van der Waals surface area (Å²) in [6, 6.07) is 12.4. The Balaban J connectivity index is 1.89. The largest absolute Gasteiger partial charge is 0.497 e. The van der Waals surface area contributed by atoms with Gasteiger partial charge in [-0.25, -0.2) is 4.39 Å². The van der Waals surface area contributed by atoms with Crippen LogP contribution in [0.3, 0.4) is 0 Å². The summed E-state index contributed by atoms with van der Waals surface area (Å²) in [6.45, 7) is 1.98. The zero-order chi connectivity index (χ0) is 17.8. The standard InChI is InChI=1S/C20H24FNO2S/c1-22-11-9-14(10-12-22)20(23)16-13-15(24-2)7-8-18(16)25-19-6-4-3-5-17(19)21/h3-8,13-14,20,23H,9-12H2,1-2H3. The quantitative estimate of drug-likeness (QED) is 0.858. The normalized spacial score (nSPS) is 17.4. The minimum absolute atomic E-state index is 0.211. The maximum Gasteiger partial charge on any atom is 0.137 e. The minimum Gasteiger partial charge on any atom is -0.497 e. The van der Waals surface area contributed by atoms with E-state index in [2.05, 4.69) is 11.9 Å². The van der Waals surface area contributed by atoms with Crippen LogP contribution in [-0.4, -0.2) is 37.3 Å². The lowest BCUT2D eigenvalue weighted by Crippen LogP contribution is -2.32. The average Bonchev–Trinajstić information content (AvgIpc) is 2.64. The predicted octanol–water partition coefficient (Wildman–Crippen LogP) is 4.36. The van der Waals surface area contributed by atoms with Crippen molar-refractivity contribution in [2.45, 2.75) is 28.7 Å². The second kappa shape index (κ2) is 8.21. The van der Waals surface area contributed by atoms with E-state index in [1.165, 1.54) is 17.8 Å². The summed E-state index contributed by atoms with van der Waals surface area (Å²) in [5.74, 6) is 0.672. The molecular formula is C20H24FNO2S. The molecule has 1 fully saturated rings. The number of ether oxygens (including phenoxy) is 1. The van der Waals surface area contributed by atoms with E-state index >= 15 is 0 Å². The van der Waals surface area contributed by atoms with Crippen LogP contribution in [0.1, 0.15) is 24.5 Å². The van der Waals surface area contributed by atoms with E-state index in [0.29, 0.717) is 10.6 Å². The minimum atomic E-state index is -0.571. The molecule has 134 valence electrons. The van der Waals surface area contributed by atoms with Crippen LogP contribution in [0.5, 0.6) is 5.75 Å². The first-order valence-electron chi connectivity index (χ1n) is 8.55. The Labute approximate surface area is 152 Å². The molecule has 0 aromatic heterocycles. The van der Waals surface area contributed by atoms with Crippen LogP contribution in [0.2, 0.25) is 0 Å². The monoisotopic (exact) mass is 361 g/mol. The zero-order valence-corrected chi connectivity index (χ0v) is 15.4. The van der Waals surface area contributed by atoms with Crippen LogP contribution in [0.25, 0.3) is 0 Å². The predicted molar refractivity (Wildman–Crippen MR) is 98.7 cm³/mol. The van der Waals surface area contributed by atoms with Gasteiger partial charge in [0.05, 0.1) is 13.2 Å². The average molecular weight is 361 g/mol. The highest BCUT2D eigenvalue weighted by Crippen LogP contribution is 2.40.